The van der Waals surface area contributed by atoms with Gasteiger partial charge in [0.05, 0.1) is 0 Å². The van der Waals surface area contributed by atoms with Crippen LogP contribution in [0.2, 0.25) is 0 Å². The quantitative estimate of drug-likeness (QED) is 0.820. The van der Waals surface area contributed by atoms with Crippen LogP contribution >= 0.6 is 0 Å². The summed E-state index contributed by atoms with van der Waals surface area (Å²) in [5, 5.41) is 0. The average molecular weight is 234 g/mol. The monoisotopic (exact) mass is 234 g/mol. The molecule has 0 aliphatic rings. The van der Waals surface area contributed by atoms with Gasteiger partial charge >= 0.3 is 0 Å². The molecule has 1 rings (SSSR count). The molecule has 2 nitrogen and oxygen atoms in total. The highest BCUT2D eigenvalue weighted by Crippen LogP contribution is 2.07. The van der Waals surface area contributed by atoms with E-state index in [9.17, 15) is 0 Å². The summed E-state index contributed by atoms with van der Waals surface area (Å²) in [6.45, 7) is 8.45. The zero-order chi connectivity index (χ0) is 12.9. The van der Waals surface area contributed by atoms with Gasteiger partial charge in [-0.3, -0.25) is 0 Å². The SMILES string of the molecule is Cc1ccc(CCN(C)CCC(C)(C)N)cc1. The van der Waals surface area contributed by atoms with Crippen molar-refractivity contribution < 1.29 is 0 Å². The fourth-order valence-electron chi connectivity index (χ4n) is 1.67. The van der Waals surface area contributed by atoms with Crippen molar-refractivity contribution in [2.45, 2.75) is 39.2 Å². The molecule has 0 unspecified atom stereocenters. The lowest BCUT2D eigenvalue weighted by Gasteiger charge is -2.23. The molecule has 0 amide bonds. The predicted octanol–water partition coefficient (Wildman–Crippen LogP) is 2.60. The number of benzene rings is 1. The first-order valence-corrected chi connectivity index (χ1v) is 6.40. The third-order valence-electron chi connectivity index (χ3n) is 3.04. The lowest BCUT2D eigenvalue weighted by Crippen LogP contribution is -2.36. The minimum absolute atomic E-state index is 0.0574. The molecule has 0 saturated carbocycles. The highest BCUT2D eigenvalue weighted by atomic mass is 15.1. The van der Waals surface area contributed by atoms with E-state index in [1.165, 1.54) is 11.1 Å². The van der Waals surface area contributed by atoms with Gasteiger partial charge in [-0.05, 0) is 52.8 Å². The number of likely N-dealkylation sites (N-methyl/N-ethyl adjacent to an activating group) is 1. The molecule has 0 saturated heterocycles. The molecule has 0 spiro atoms. The van der Waals surface area contributed by atoms with Crippen molar-refractivity contribution in [1.82, 2.24) is 4.90 Å². The van der Waals surface area contributed by atoms with E-state index in [0.717, 1.165) is 25.9 Å². The van der Waals surface area contributed by atoms with E-state index in [2.05, 4.69) is 57.0 Å². The molecule has 0 heterocycles. The molecule has 1 aromatic carbocycles. The normalized spacial score (nSPS) is 12.1. The number of nitrogens with zero attached hydrogens (tertiary/aromatic N) is 1. The lowest BCUT2D eigenvalue weighted by molar-refractivity contribution is 0.298. The molecule has 96 valence electrons. The van der Waals surface area contributed by atoms with Crippen LogP contribution < -0.4 is 5.73 Å². The summed E-state index contributed by atoms with van der Waals surface area (Å²) in [7, 11) is 2.17. The van der Waals surface area contributed by atoms with Crippen molar-refractivity contribution in [1.29, 1.82) is 0 Å². The lowest BCUT2D eigenvalue weighted by atomic mass is 10.0. The Morgan fingerprint density at radius 2 is 1.71 bits per heavy atom. The van der Waals surface area contributed by atoms with E-state index in [1.807, 2.05) is 0 Å². The maximum absolute atomic E-state index is 5.98. The maximum Gasteiger partial charge on any atom is 0.0109 e. The molecule has 0 bridgehead atoms. The van der Waals surface area contributed by atoms with Crippen molar-refractivity contribution in [3.05, 3.63) is 35.4 Å². The molecule has 17 heavy (non-hydrogen) atoms. The third-order valence-corrected chi connectivity index (χ3v) is 3.04. The van der Waals surface area contributed by atoms with E-state index in [-0.39, 0.29) is 5.54 Å². The highest BCUT2D eigenvalue weighted by Gasteiger charge is 2.11. The molecule has 1 aromatic rings. The second kappa shape index (κ2) is 6.18. The van der Waals surface area contributed by atoms with Crippen molar-refractivity contribution in [2.24, 2.45) is 5.73 Å². The highest BCUT2D eigenvalue weighted by molar-refractivity contribution is 5.21. The largest absolute Gasteiger partial charge is 0.326 e. The van der Waals surface area contributed by atoms with Gasteiger partial charge in [0.1, 0.15) is 0 Å². The second-order valence-corrected chi connectivity index (χ2v) is 5.78. The van der Waals surface area contributed by atoms with Crippen molar-refractivity contribution >= 4 is 0 Å². The van der Waals surface area contributed by atoms with Crippen LogP contribution in [0.25, 0.3) is 0 Å². The molecule has 0 aromatic heterocycles. The predicted molar refractivity (Wildman–Crippen MR) is 75.3 cm³/mol. The Hall–Kier alpha value is -0.860. The van der Waals surface area contributed by atoms with Crippen LogP contribution in [0.5, 0.6) is 0 Å². The molecule has 2 heteroatoms. The van der Waals surface area contributed by atoms with Crippen LogP contribution in [0, 0.1) is 6.92 Å². The van der Waals surface area contributed by atoms with E-state index in [1.54, 1.807) is 0 Å². The zero-order valence-corrected chi connectivity index (χ0v) is 11.7. The van der Waals surface area contributed by atoms with Gasteiger partial charge in [-0.2, -0.15) is 0 Å². The van der Waals surface area contributed by atoms with Gasteiger partial charge in [0.25, 0.3) is 0 Å². The molecule has 0 fully saturated rings. The smallest absolute Gasteiger partial charge is 0.0109 e. The van der Waals surface area contributed by atoms with E-state index >= 15 is 0 Å². The van der Waals surface area contributed by atoms with Gasteiger partial charge in [-0.1, -0.05) is 29.8 Å². The first kappa shape index (κ1) is 14.2. The van der Waals surface area contributed by atoms with Crippen molar-refractivity contribution in [2.75, 3.05) is 20.1 Å². The van der Waals surface area contributed by atoms with Gasteiger partial charge < -0.3 is 10.6 Å². The summed E-state index contributed by atoms with van der Waals surface area (Å²) >= 11 is 0. The van der Waals surface area contributed by atoms with Gasteiger partial charge in [0, 0.05) is 12.1 Å². The number of hydrogen-bond donors (Lipinski definition) is 1. The van der Waals surface area contributed by atoms with Crippen LogP contribution in [0.3, 0.4) is 0 Å². The minimum atomic E-state index is -0.0574. The standard InChI is InChI=1S/C15H26N2/c1-13-5-7-14(8-6-13)9-11-17(4)12-10-15(2,3)16/h5-8H,9-12,16H2,1-4H3. The van der Waals surface area contributed by atoms with Crippen LogP contribution in [-0.4, -0.2) is 30.6 Å². The topological polar surface area (TPSA) is 29.3 Å². The molecule has 0 atom stereocenters. The Kier molecular flexibility index (Phi) is 5.16. The van der Waals surface area contributed by atoms with Gasteiger partial charge in [-0.15, -0.1) is 0 Å². The Balaban J connectivity index is 2.28. The first-order valence-electron chi connectivity index (χ1n) is 6.40. The third kappa shape index (κ3) is 6.44. The second-order valence-electron chi connectivity index (χ2n) is 5.78. The zero-order valence-electron chi connectivity index (χ0n) is 11.7. The summed E-state index contributed by atoms with van der Waals surface area (Å²) in [6, 6.07) is 8.79. The van der Waals surface area contributed by atoms with Gasteiger partial charge in [-0.25, -0.2) is 0 Å². The molecule has 0 radical (unpaired) electrons. The van der Waals surface area contributed by atoms with E-state index < -0.39 is 0 Å². The first-order chi connectivity index (χ1) is 7.87. The number of aryl methyl sites for hydroxylation is 1. The molecule has 0 aliphatic carbocycles. The number of nitrogens with two attached hydrogens (primary N) is 1. The Labute approximate surface area is 106 Å². The van der Waals surface area contributed by atoms with Crippen LogP contribution in [0.1, 0.15) is 31.4 Å². The minimum Gasteiger partial charge on any atom is -0.326 e. The summed E-state index contributed by atoms with van der Waals surface area (Å²) in [5.74, 6) is 0. The average Bonchev–Trinajstić information content (AvgIpc) is 2.25. The summed E-state index contributed by atoms with van der Waals surface area (Å²) in [4.78, 5) is 2.36. The summed E-state index contributed by atoms with van der Waals surface area (Å²) in [5.41, 5.74) is 8.66. The fraction of sp³-hybridized carbons (Fsp3) is 0.600. The molecule has 2 N–H and O–H groups in total. The Morgan fingerprint density at radius 3 is 2.24 bits per heavy atom. The van der Waals surface area contributed by atoms with Gasteiger partial charge in [0.15, 0.2) is 0 Å². The number of hydrogen-bond acceptors (Lipinski definition) is 2. The van der Waals surface area contributed by atoms with E-state index in [0.29, 0.717) is 0 Å². The number of rotatable bonds is 6. The van der Waals surface area contributed by atoms with Crippen LogP contribution in [-0.2, 0) is 6.42 Å². The fourth-order valence-corrected chi connectivity index (χ4v) is 1.67. The summed E-state index contributed by atoms with van der Waals surface area (Å²) in [6.07, 6.45) is 2.15. The molecular weight excluding hydrogens is 208 g/mol. The Morgan fingerprint density at radius 1 is 1.12 bits per heavy atom. The van der Waals surface area contributed by atoms with Crippen LogP contribution in [0.4, 0.5) is 0 Å². The Bertz CT molecular complexity index is 322. The van der Waals surface area contributed by atoms with Crippen molar-refractivity contribution in [3.63, 3.8) is 0 Å². The molecular formula is C15H26N2. The maximum atomic E-state index is 5.98. The van der Waals surface area contributed by atoms with Crippen LogP contribution in [0.15, 0.2) is 24.3 Å². The van der Waals surface area contributed by atoms with Crippen molar-refractivity contribution in [3.8, 4) is 0 Å². The summed E-state index contributed by atoms with van der Waals surface area (Å²) < 4.78 is 0. The van der Waals surface area contributed by atoms with E-state index in [4.69, 9.17) is 5.73 Å². The molecule has 0 aliphatic heterocycles. The van der Waals surface area contributed by atoms with Gasteiger partial charge in [0.2, 0.25) is 0 Å².